The van der Waals surface area contributed by atoms with Crippen molar-refractivity contribution in [3.8, 4) is 11.1 Å². The Hall–Kier alpha value is -3.42. The highest BCUT2D eigenvalue weighted by atomic mass is 19.4. The highest BCUT2D eigenvalue weighted by molar-refractivity contribution is 5.78. The molecule has 1 aromatic carbocycles. The van der Waals surface area contributed by atoms with Gasteiger partial charge in [-0.3, -0.25) is 4.98 Å². The number of hydrogen-bond donors (Lipinski definition) is 0. The Kier molecular flexibility index (Phi) is 4.02. The summed E-state index contributed by atoms with van der Waals surface area (Å²) < 4.78 is 40.6. The summed E-state index contributed by atoms with van der Waals surface area (Å²) in [5, 5.41) is 4.20. The van der Waals surface area contributed by atoms with Crippen LogP contribution in [0.15, 0.2) is 67.3 Å². The lowest BCUT2D eigenvalue weighted by molar-refractivity contribution is -0.137. The summed E-state index contributed by atoms with van der Waals surface area (Å²) in [6, 6.07) is 10.6. The van der Waals surface area contributed by atoms with Gasteiger partial charge in [-0.15, -0.1) is 0 Å². The number of halogens is 3. The monoisotopic (exact) mass is 369 g/mol. The summed E-state index contributed by atoms with van der Waals surface area (Å²) in [6.07, 6.45) is 2.22. The maximum Gasteiger partial charge on any atom is 0.416 e. The van der Waals surface area contributed by atoms with Crippen molar-refractivity contribution in [1.82, 2.24) is 19.6 Å². The number of fused-ring (bicyclic) bond motifs is 1. The average Bonchev–Trinajstić information content (AvgIpc) is 3.11. The van der Waals surface area contributed by atoms with Crippen LogP contribution in [-0.4, -0.2) is 26.6 Å². The molecule has 0 aliphatic carbocycles. The van der Waals surface area contributed by atoms with Crippen LogP contribution < -0.4 is 4.90 Å². The van der Waals surface area contributed by atoms with E-state index in [-0.39, 0.29) is 0 Å². The van der Waals surface area contributed by atoms with Gasteiger partial charge < -0.3 is 4.90 Å². The smallest absolute Gasteiger partial charge is 0.328 e. The fraction of sp³-hybridized carbons (Fsp3) is 0.105. The van der Waals surface area contributed by atoms with Gasteiger partial charge in [-0.25, -0.2) is 9.50 Å². The van der Waals surface area contributed by atoms with Gasteiger partial charge in [0, 0.05) is 25.0 Å². The molecule has 0 radical (unpaired) electrons. The van der Waals surface area contributed by atoms with Gasteiger partial charge in [0.05, 0.1) is 23.6 Å². The first-order valence-electron chi connectivity index (χ1n) is 8.09. The van der Waals surface area contributed by atoms with Gasteiger partial charge in [-0.05, 0) is 35.9 Å². The molecule has 0 unspecified atom stereocenters. The third-order valence-electron chi connectivity index (χ3n) is 4.23. The van der Waals surface area contributed by atoms with Gasteiger partial charge in [0.1, 0.15) is 5.82 Å². The molecule has 8 heteroatoms. The molecule has 4 aromatic rings. The highest BCUT2D eigenvalue weighted by Crippen LogP contribution is 2.33. The van der Waals surface area contributed by atoms with Crippen LogP contribution in [0.3, 0.4) is 0 Å². The summed E-state index contributed by atoms with van der Waals surface area (Å²) in [6.45, 7) is 0. The van der Waals surface area contributed by atoms with Crippen LogP contribution in [0, 0.1) is 0 Å². The van der Waals surface area contributed by atoms with Crippen LogP contribution in [0.2, 0.25) is 0 Å². The molecule has 0 amide bonds. The molecule has 136 valence electrons. The van der Waals surface area contributed by atoms with Gasteiger partial charge in [0.2, 0.25) is 0 Å². The largest absolute Gasteiger partial charge is 0.416 e. The quantitative estimate of drug-likeness (QED) is 0.530. The zero-order valence-corrected chi connectivity index (χ0v) is 14.2. The van der Waals surface area contributed by atoms with E-state index in [1.54, 1.807) is 30.7 Å². The first kappa shape index (κ1) is 17.0. The van der Waals surface area contributed by atoms with E-state index in [0.29, 0.717) is 22.6 Å². The molecule has 0 fully saturated rings. The van der Waals surface area contributed by atoms with Crippen molar-refractivity contribution >= 4 is 17.2 Å². The molecule has 0 atom stereocenters. The van der Waals surface area contributed by atoms with E-state index in [2.05, 4.69) is 15.1 Å². The van der Waals surface area contributed by atoms with Gasteiger partial charge >= 0.3 is 6.18 Å². The molecule has 27 heavy (non-hydrogen) atoms. The standard InChI is InChI=1S/C19H14F3N5/c1-26(15-6-3-8-23-11-15)17-7-9-27-18(25-17)16(12-24-27)13-4-2-5-14(10-13)19(20,21)22/h2-12H,1H3. The Morgan fingerprint density at radius 2 is 1.89 bits per heavy atom. The second-order valence-electron chi connectivity index (χ2n) is 5.96. The Morgan fingerprint density at radius 3 is 2.63 bits per heavy atom. The highest BCUT2D eigenvalue weighted by Gasteiger charge is 2.30. The summed E-state index contributed by atoms with van der Waals surface area (Å²) in [5.74, 6) is 0.629. The SMILES string of the molecule is CN(c1cccnc1)c1ccn2ncc(-c3cccc(C(F)(F)F)c3)c2n1. The average molecular weight is 369 g/mol. The molecule has 0 saturated carbocycles. The first-order valence-corrected chi connectivity index (χ1v) is 8.09. The number of hydrogen-bond acceptors (Lipinski definition) is 4. The summed E-state index contributed by atoms with van der Waals surface area (Å²) in [7, 11) is 1.84. The summed E-state index contributed by atoms with van der Waals surface area (Å²) in [4.78, 5) is 10.5. The lowest BCUT2D eigenvalue weighted by Gasteiger charge is -2.17. The molecule has 3 heterocycles. The molecule has 4 rings (SSSR count). The molecule has 0 N–H and O–H groups in total. The van der Waals surface area contributed by atoms with Crippen molar-refractivity contribution in [2.45, 2.75) is 6.18 Å². The Balaban J connectivity index is 1.80. The van der Waals surface area contributed by atoms with E-state index in [9.17, 15) is 13.2 Å². The molecule has 0 spiro atoms. The van der Waals surface area contributed by atoms with E-state index in [0.717, 1.165) is 17.8 Å². The van der Waals surface area contributed by atoms with E-state index in [1.807, 2.05) is 24.1 Å². The molecule has 0 aliphatic rings. The van der Waals surface area contributed by atoms with Crippen LogP contribution in [0.25, 0.3) is 16.8 Å². The Morgan fingerprint density at radius 1 is 1.04 bits per heavy atom. The summed E-state index contributed by atoms with van der Waals surface area (Å²) in [5.41, 5.74) is 1.55. The van der Waals surface area contributed by atoms with Gasteiger partial charge in [0.15, 0.2) is 5.65 Å². The van der Waals surface area contributed by atoms with Crippen LogP contribution >= 0.6 is 0 Å². The third-order valence-corrected chi connectivity index (χ3v) is 4.23. The van der Waals surface area contributed by atoms with Crippen molar-refractivity contribution in [2.24, 2.45) is 0 Å². The number of pyridine rings is 1. The molecular weight excluding hydrogens is 355 g/mol. The molecule has 3 aromatic heterocycles. The first-order chi connectivity index (χ1) is 12.9. The topological polar surface area (TPSA) is 46.3 Å². The maximum atomic E-state index is 13.0. The van der Waals surface area contributed by atoms with Crippen molar-refractivity contribution in [3.63, 3.8) is 0 Å². The minimum Gasteiger partial charge on any atom is -0.328 e. The molecule has 5 nitrogen and oxygen atoms in total. The van der Waals surface area contributed by atoms with E-state index >= 15 is 0 Å². The minimum atomic E-state index is -4.40. The molecule has 0 aliphatic heterocycles. The predicted octanol–water partition coefficient (Wildman–Crippen LogP) is 4.58. The van der Waals surface area contributed by atoms with Crippen LogP contribution in [0.4, 0.5) is 24.7 Å². The fourth-order valence-corrected chi connectivity index (χ4v) is 2.80. The second-order valence-corrected chi connectivity index (χ2v) is 5.96. The number of rotatable bonds is 3. The lowest BCUT2D eigenvalue weighted by atomic mass is 10.1. The lowest BCUT2D eigenvalue weighted by Crippen LogP contribution is -2.12. The molecule has 0 bridgehead atoms. The number of nitrogens with zero attached hydrogens (tertiary/aromatic N) is 5. The normalized spacial score (nSPS) is 11.7. The zero-order valence-electron chi connectivity index (χ0n) is 14.2. The van der Waals surface area contributed by atoms with Gasteiger partial charge in [-0.1, -0.05) is 12.1 Å². The van der Waals surface area contributed by atoms with Gasteiger partial charge in [0.25, 0.3) is 0 Å². The van der Waals surface area contributed by atoms with Crippen molar-refractivity contribution in [2.75, 3.05) is 11.9 Å². The Labute approximate surface area is 152 Å². The van der Waals surface area contributed by atoms with Crippen molar-refractivity contribution in [3.05, 3.63) is 72.8 Å². The third kappa shape index (κ3) is 3.21. The predicted molar refractivity (Wildman–Crippen MR) is 95.7 cm³/mol. The number of aromatic nitrogens is 4. The van der Waals surface area contributed by atoms with E-state index in [4.69, 9.17) is 0 Å². The van der Waals surface area contributed by atoms with E-state index < -0.39 is 11.7 Å². The number of anilines is 2. The zero-order chi connectivity index (χ0) is 19.0. The number of alkyl halides is 3. The van der Waals surface area contributed by atoms with Crippen LogP contribution in [0.1, 0.15) is 5.56 Å². The van der Waals surface area contributed by atoms with Crippen LogP contribution in [0.5, 0.6) is 0 Å². The van der Waals surface area contributed by atoms with Crippen LogP contribution in [-0.2, 0) is 6.18 Å². The molecule has 0 saturated heterocycles. The minimum absolute atomic E-state index is 0.411. The number of benzene rings is 1. The van der Waals surface area contributed by atoms with Crippen molar-refractivity contribution < 1.29 is 13.2 Å². The fourth-order valence-electron chi connectivity index (χ4n) is 2.80. The molecular formula is C19H14F3N5. The van der Waals surface area contributed by atoms with Crippen molar-refractivity contribution in [1.29, 1.82) is 0 Å². The maximum absolute atomic E-state index is 13.0. The summed E-state index contributed by atoms with van der Waals surface area (Å²) >= 11 is 0. The second kappa shape index (κ2) is 6.39. The Bertz CT molecular complexity index is 1090. The van der Waals surface area contributed by atoms with E-state index in [1.165, 1.54) is 16.8 Å². The van der Waals surface area contributed by atoms with Gasteiger partial charge in [-0.2, -0.15) is 18.3 Å².